The van der Waals surface area contributed by atoms with Crippen molar-refractivity contribution in [2.24, 2.45) is 17.6 Å². The molecule has 1 fully saturated rings. The van der Waals surface area contributed by atoms with Gasteiger partial charge in [-0.3, -0.25) is 28.9 Å². The van der Waals surface area contributed by atoms with Crippen molar-refractivity contribution in [2.75, 3.05) is 20.2 Å². The smallest absolute Gasteiger partial charge is 0.408 e. The summed E-state index contributed by atoms with van der Waals surface area (Å²) in [7, 11) is 1.24. The van der Waals surface area contributed by atoms with Crippen LogP contribution in [-0.2, 0) is 51.1 Å². The van der Waals surface area contributed by atoms with Crippen LogP contribution < -0.4 is 32.3 Å². The zero-order chi connectivity index (χ0) is 48.7. The molecule has 17 heteroatoms. The lowest BCUT2D eigenvalue weighted by atomic mass is 9.96. The zero-order valence-corrected chi connectivity index (χ0v) is 39.4. The lowest BCUT2D eigenvalue weighted by Gasteiger charge is -2.33. The summed E-state index contributed by atoms with van der Waals surface area (Å²) < 4.78 is 10.4. The molecule has 8 atom stereocenters. The number of β-amino-alcohol motifs (C(OH)–C–C–N with tert-alkyl or cyclic N) is 1. The van der Waals surface area contributed by atoms with Gasteiger partial charge >= 0.3 is 12.1 Å². The summed E-state index contributed by atoms with van der Waals surface area (Å²) in [5.74, 6) is -4.58. The molecule has 1 saturated heterocycles. The van der Waals surface area contributed by atoms with E-state index in [4.69, 9.17) is 15.2 Å². The van der Waals surface area contributed by atoms with E-state index in [0.29, 0.717) is 31.4 Å². The van der Waals surface area contributed by atoms with Gasteiger partial charge in [0.1, 0.15) is 29.8 Å². The van der Waals surface area contributed by atoms with Gasteiger partial charge < -0.3 is 46.9 Å². The summed E-state index contributed by atoms with van der Waals surface area (Å²) in [5, 5.41) is 27.6. The summed E-state index contributed by atoms with van der Waals surface area (Å²) in [4.78, 5) is 95.6. The Labute approximate surface area is 387 Å². The second-order valence-corrected chi connectivity index (χ2v) is 18.5. The van der Waals surface area contributed by atoms with E-state index >= 15 is 0 Å². The average Bonchev–Trinajstić information content (AvgIpc) is 3.73. The number of ether oxygens (including phenoxy) is 2. The molecule has 0 saturated carbocycles. The van der Waals surface area contributed by atoms with Crippen molar-refractivity contribution in [3.05, 3.63) is 83.9 Å². The fourth-order valence-corrected chi connectivity index (χ4v) is 7.91. The summed E-state index contributed by atoms with van der Waals surface area (Å²) in [5.41, 5.74) is 6.20. The molecule has 17 nitrogen and oxygen atoms in total. The molecule has 3 aromatic rings. The van der Waals surface area contributed by atoms with Crippen molar-refractivity contribution in [1.29, 1.82) is 0 Å². The number of nitrogens with zero attached hydrogens (tertiary/aromatic N) is 1. The zero-order valence-electron chi connectivity index (χ0n) is 39.4. The Morgan fingerprint density at radius 2 is 1.42 bits per heavy atom. The number of hydrogen-bond donors (Lipinski definition) is 7. The fraction of sp³-hybridized carbons (Fsp3) is 0.531. The largest absolute Gasteiger partial charge is 0.467 e. The molecule has 8 N–H and O–H groups in total. The third-order valence-corrected chi connectivity index (χ3v) is 11.7. The van der Waals surface area contributed by atoms with Gasteiger partial charge in [0.05, 0.1) is 31.7 Å². The quantitative estimate of drug-likeness (QED) is 0.0723. The lowest BCUT2D eigenvalue weighted by Crippen LogP contribution is -2.59. The monoisotopic (exact) mass is 916 g/mol. The number of primary amides is 1. The molecule has 66 heavy (non-hydrogen) atoms. The Kier molecular flexibility index (Phi) is 19.5. The Morgan fingerprint density at radius 3 is 2.05 bits per heavy atom. The van der Waals surface area contributed by atoms with Gasteiger partial charge in [-0.15, -0.1) is 0 Å². The third-order valence-electron chi connectivity index (χ3n) is 11.7. The number of rotatable bonds is 22. The molecule has 7 unspecified atom stereocenters. The number of esters is 1. The van der Waals surface area contributed by atoms with Gasteiger partial charge in [0.2, 0.25) is 29.5 Å². The maximum absolute atomic E-state index is 14.2. The van der Waals surface area contributed by atoms with Crippen molar-refractivity contribution >= 4 is 52.4 Å². The number of fused-ring (bicyclic) bond motifs is 1. The number of benzene rings is 3. The van der Waals surface area contributed by atoms with Crippen LogP contribution in [0.1, 0.15) is 85.3 Å². The number of alkyl carbamates (subject to hydrolysis) is 1. The van der Waals surface area contributed by atoms with Crippen molar-refractivity contribution in [2.45, 2.75) is 135 Å². The average molecular weight is 916 g/mol. The molecule has 360 valence electrons. The number of carbonyl (C=O) groups excluding carboxylic acids is 7. The summed E-state index contributed by atoms with van der Waals surface area (Å²) in [6, 6.07) is 16.0. The van der Waals surface area contributed by atoms with Crippen LogP contribution in [0.5, 0.6) is 0 Å². The van der Waals surface area contributed by atoms with E-state index in [-0.39, 0.29) is 31.2 Å². The van der Waals surface area contributed by atoms with E-state index in [9.17, 15) is 38.7 Å². The number of methoxy groups -OCH3 is 1. The van der Waals surface area contributed by atoms with Gasteiger partial charge in [0.15, 0.2) is 0 Å². The van der Waals surface area contributed by atoms with Crippen molar-refractivity contribution in [3.8, 4) is 0 Å². The van der Waals surface area contributed by atoms with Crippen LogP contribution in [0.25, 0.3) is 10.8 Å². The number of aliphatic hydroxyl groups excluding tert-OH is 1. The van der Waals surface area contributed by atoms with Crippen LogP contribution >= 0.6 is 0 Å². The van der Waals surface area contributed by atoms with E-state index in [1.165, 1.54) is 7.11 Å². The maximum atomic E-state index is 14.2. The van der Waals surface area contributed by atoms with E-state index in [2.05, 4.69) is 26.6 Å². The van der Waals surface area contributed by atoms with Gasteiger partial charge in [0.25, 0.3) is 0 Å². The SMILES string of the molecule is CCC(C)C(NC(=O)C1CCCN1CC(O)[C@H](Cc1ccccc1)NC(=O)C(CC(N)=O)NC(=O)C(Cc1ccc2ccccc2c1)NC(=O)OC(C)(C)C)C(=O)NC(C(=O)OC)C(C)C. The second-order valence-electron chi connectivity index (χ2n) is 18.5. The number of hydrogen-bond acceptors (Lipinski definition) is 11. The highest BCUT2D eigenvalue weighted by Crippen LogP contribution is 2.22. The summed E-state index contributed by atoms with van der Waals surface area (Å²) in [6.07, 6.45) is -0.993. The molecule has 0 radical (unpaired) electrons. The number of amides is 6. The highest BCUT2D eigenvalue weighted by molar-refractivity contribution is 5.95. The molecular formula is C49H69N7O10. The van der Waals surface area contributed by atoms with Crippen LogP contribution in [0.4, 0.5) is 4.79 Å². The standard InChI is InChI=1S/C49H69N7O10/c1-9-30(4)42(46(62)54-41(29(2)3)47(63)65-8)55-45(61)38-20-15-23-56(38)28-39(57)35(25-31-16-11-10-12-17-31)51-44(60)37(27-40(50)58)52-43(59)36(53-48(64)66-49(5,6)7)26-32-21-22-33-18-13-14-19-34(33)24-32/h10-14,16-19,21-22,24,29-30,35-39,41-42,57H,9,15,20,23,25-28H2,1-8H3,(H2,50,58)(H,51,60)(H,52,59)(H,53,64)(H,54,62)(H,55,61)/t30?,35-,36?,37?,38?,39?,41?,42?/m0/s1. The maximum Gasteiger partial charge on any atom is 0.408 e. The number of aliphatic hydroxyl groups is 1. The molecule has 1 aliphatic heterocycles. The molecular weight excluding hydrogens is 847 g/mol. The number of likely N-dealkylation sites (tertiary alicyclic amines) is 1. The van der Waals surface area contributed by atoms with Crippen LogP contribution in [0.15, 0.2) is 72.8 Å². The van der Waals surface area contributed by atoms with E-state index in [1.54, 1.807) is 39.5 Å². The molecule has 3 aromatic carbocycles. The molecule has 0 aliphatic carbocycles. The summed E-state index contributed by atoms with van der Waals surface area (Å²) in [6.45, 7) is 12.7. The Morgan fingerprint density at radius 1 is 0.773 bits per heavy atom. The number of nitrogens with one attached hydrogen (secondary N) is 5. The van der Waals surface area contributed by atoms with Gasteiger partial charge in [-0.2, -0.15) is 0 Å². The first-order chi connectivity index (χ1) is 31.2. The van der Waals surface area contributed by atoms with Crippen molar-refractivity contribution < 1.29 is 48.1 Å². The number of carbonyl (C=O) groups is 7. The Bertz CT molecular complexity index is 2150. The summed E-state index contributed by atoms with van der Waals surface area (Å²) >= 11 is 0. The van der Waals surface area contributed by atoms with Gasteiger partial charge in [-0.25, -0.2) is 9.59 Å². The minimum absolute atomic E-state index is 0.00940. The van der Waals surface area contributed by atoms with E-state index < -0.39 is 96.0 Å². The third kappa shape index (κ3) is 15.8. The predicted molar refractivity (Wildman–Crippen MR) is 249 cm³/mol. The molecule has 1 aliphatic rings. The Hall–Kier alpha value is -6.07. The van der Waals surface area contributed by atoms with Crippen LogP contribution in [0.3, 0.4) is 0 Å². The highest BCUT2D eigenvalue weighted by Gasteiger charge is 2.39. The first-order valence-corrected chi connectivity index (χ1v) is 22.7. The van der Waals surface area contributed by atoms with Gasteiger partial charge in [-0.05, 0) is 80.3 Å². The van der Waals surface area contributed by atoms with Crippen molar-refractivity contribution in [1.82, 2.24) is 31.5 Å². The van der Waals surface area contributed by atoms with E-state index in [1.807, 2.05) is 86.6 Å². The van der Waals surface area contributed by atoms with Gasteiger partial charge in [-0.1, -0.05) is 107 Å². The predicted octanol–water partition coefficient (Wildman–Crippen LogP) is 3.03. The fourth-order valence-electron chi connectivity index (χ4n) is 7.91. The molecule has 0 aromatic heterocycles. The molecule has 0 spiro atoms. The van der Waals surface area contributed by atoms with Crippen LogP contribution in [0, 0.1) is 11.8 Å². The molecule has 1 heterocycles. The topological polar surface area (TPSA) is 248 Å². The first-order valence-electron chi connectivity index (χ1n) is 22.7. The Balaban J connectivity index is 1.55. The van der Waals surface area contributed by atoms with Crippen LogP contribution in [0.2, 0.25) is 0 Å². The van der Waals surface area contributed by atoms with Crippen LogP contribution in [-0.4, -0.2) is 120 Å². The number of nitrogens with two attached hydrogens (primary N) is 1. The molecule has 4 rings (SSSR count). The van der Waals surface area contributed by atoms with E-state index in [0.717, 1.165) is 16.3 Å². The molecule has 0 bridgehead atoms. The van der Waals surface area contributed by atoms with Crippen molar-refractivity contribution in [3.63, 3.8) is 0 Å². The second kappa shape index (κ2) is 24.5. The lowest BCUT2D eigenvalue weighted by molar-refractivity contribution is -0.147. The van der Waals surface area contributed by atoms with Gasteiger partial charge in [0, 0.05) is 13.0 Å². The minimum Gasteiger partial charge on any atom is -0.467 e. The minimum atomic E-state index is -1.51. The highest BCUT2D eigenvalue weighted by atomic mass is 16.6. The molecule has 6 amide bonds. The normalized spacial score (nSPS) is 17.3. The first kappa shape index (κ1) is 52.6.